The summed E-state index contributed by atoms with van der Waals surface area (Å²) in [4.78, 5) is 0. The van der Waals surface area contributed by atoms with Gasteiger partial charge in [0.05, 0.1) is 12.3 Å². The van der Waals surface area contributed by atoms with Gasteiger partial charge in [-0.25, -0.2) is 0 Å². The third kappa shape index (κ3) is 4.94. The highest BCUT2D eigenvalue weighted by Crippen LogP contribution is 2.09. The summed E-state index contributed by atoms with van der Waals surface area (Å²) in [6, 6.07) is 3.95. The molecule has 0 aliphatic carbocycles. The molecule has 1 aromatic heterocycles. The van der Waals surface area contributed by atoms with E-state index in [1.165, 1.54) is 0 Å². The van der Waals surface area contributed by atoms with Crippen LogP contribution in [0.4, 0.5) is 0 Å². The quantitative estimate of drug-likeness (QED) is 0.495. The van der Waals surface area contributed by atoms with Gasteiger partial charge in [0.1, 0.15) is 5.76 Å². The van der Waals surface area contributed by atoms with Crippen molar-refractivity contribution < 1.29 is 4.42 Å². The molecule has 14 heavy (non-hydrogen) atoms. The second-order valence-electron chi connectivity index (χ2n) is 2.64. The summed E-state index contributed by atoms with van der Waals surface area (Å²) < 4.78 is 6.33. The third-order valence-corrected chi connectivity index (χ3v) is 2.98. The predicted molar refractivity (Wildman–Crippen MR) is 69.3 cm³/mol. The molecule has 2 nitrogen and oxygen atoms in total. The van der Waals surface area contributed by atoms with Gasteiger partial charge in [-0.1, -0.05) is 5.92 Å². The van der Waals surface area contributed by atoms with Crippen molar-refractivity contribution in [3.05, 3.63) is 21.7 Å². The molecule has 0 unspecified atom stereocenters. The van der Waals surface area contributed by atoms with Crippen molar-refractivity contribution in [1.82, 2.24) is 5.32 Å². The van der Waals surface area contributed by atoms with E-state index in [4.69, 9.17) is 10.8 Å². The Morgan fingerprint density at radius 3 is 3.07 bits per heavy atom. The molecule has 0 spiro atoms. The van der Waals surface area contributed by atoms with Crippen LogP contribution >= 0.6 is 34.4 Å². The lowest BCUT2D eigenvalue weighted by Gasteiger charge is -2.00. The lowest BCUT2D eigenvalue weighted by atomic mass is 10.4. The fraction of sp³-hybridized carbons (Fsp3) is 0.400. The maximum absolute atomic E-state index is 5.40. The summed E-state index contributed by atoms with van der Waals surface area (Å²) in [7, 11) is 0. The summed E-state index contributed by atoms with van der Waals surface area (Å²) in [5, 5.41) is 3.29. The molecule has 0 atom stereocenters. The average Bonchev–Trinajstić information content (AvgIpc) is 2.58. The van der Waals surface area contributed by atoms with Crippen LogP contribution in [0, 0.1) is 16.1 Å². The maximum atomic E-state index is 5.40. The van der Waals surface area contributed by atoms with E-state index in [2.05, 4.69) is 33.8 Å². The summed E-state index contributed by atoms with van der Waals surface area (Å²) in [5.74, 6) is 5.41. The number of thioether (sulfide) groups is 1. The zero-order valence-electron chi connectivity index (χ0n) is 7.75. The van der Waals surface area contributed by atoms with E-state index < -0.39 is 0 Å². The van der Waals surface area contributed by atoms with Crippen molar-refractivity contribution in [3.63, 3.8) is 0 Å². The Kier molecular flexibility index (Phi) is 6.15. The zero-order valence-corrected chi connectivity index (χ0v) is 10.7. The SMILES string of the molecule is C#CCSCCNCc1ccc(I)o1. The Hall–Kier alpha value is -0.120. The van der Waals surface area contributed by atoms with Crippen LogP contribution in [0.5, 0.6) is 0 Å². The topological polar surface area (TPSA) is 25.2 Å². The van der Waals surface area contributed by atoms with E-state index in [0.29, 0.717) is 0 Å². The van der Waals surface area contributed by atoms with Crippen molar-refractivity contribution in [2.24, 2.45) is 0 Å². The van der Waals surface area contributed by atoms with Gasteiger partial charge in [-0.15, -0.1) is 18.2 Å². The van der Waals surface area contributed by atoms with E-state index in [-0.39, 0.29) is 0 Å². The molecule has 76 valence electrons. The Morgan fingerprint density at radius 2 is 2.43 bits per heavy atom. The van der Waals surface area contributed by atoms with Gasteiger partial charge in [-0.3, -0.25) is 0 Å². The number of hydrogen-bond acceptors (Lipinski definition) is 3. The molecule has 0 aliphatic rings. The number of rotatable bonds is 6. The lowest BCUT2D eigenvalue weighted by Crippen LogP contribution is -2.16. The predicted octanol–water partition coefficient (Wildman–Crippen LogP) is 2.34. The Bertz CT molecular complexity index is 305. The van der Waals surface area contributed by atoms with Gasteiger partial charge in [-0.2, -0.15) is 0 Å². The van der Waals surface area contributed by atoms with Crippen LogP contribution in [-0.2, 0) is 6.54 Å². The minimum absolute atomic E-state index is 0.791. The highest BCUT2D eigenvalue weighted by Gasteiger charge is 1.97. The molecule has 0 bridgehead atoms. The van der Waals surface area contributed by atoms with Gasteiger partial charge in [0.2, 0.25) is 0 Å². The molecule has 0 aliphatic heterocycles. The smallest absolute Gasteiger partial charge is 0.164 e. The summed E-state index contributed by atoms with van der Waals surface area (Å²) >= 11 is 3.92. The zero-order chi connectivity index (χ0) is 10.2. The first-order valence-electron chi connectivity index (χ1n) is 4.29. The second-order valence-corrected chi connectivity index (χ2v) is 4.81. The molecular weight excluding hydrogens is 309 g/mol. The number of nitrogens with one attached hydrogen (secondary N) is 1. The second kappa shape index (κ2) is 7.21. The first-order valence-corrected chi connectivity index (χ1v) is 6.52. The van der Waals surface area contributed by atoms with Crippen LogP contribution in [0.25, 0.3) is 0 Å². The number of terminal acetylenes is 1. The van der Waals surface area contributed by atoms with E-state index >= 15 is 0 Å². The molecule has 0 fully saturated rings. The van der Waals surface area contributed by atoms with Gasteiger partial charge in [0.25, 0.3) is 0 Å². The molecule has 1 rings (SSSR count). The van der Waals surface area contributed by atoms with Gasteiger partial charge in [-0.05, 0) is 34.7 Å². The highest BCUT2D eigenvalue weighted by atomic mass is 127. The molecule has 4 heteroatoms. The van der Waals surface area contributed by atoms with E-state index in [1.807, 2.05) is 12.1 Å². The van der Waals surface area contributed by atoms with Crippen LogP contribution in [0.2, 0.25) is 0 Å². The molecule has 0 aromatic carbocycles. The first kappa shape index (κ1) is 12.0. The molecule has 1 aromatic rings. The van der Waals surface area contributed by atoms with Gasteiger partial charge >= 0.3 is 0 Å². The highest BCUT2D eigenvalue weighted by molar-refractivity contribution is 14.1. The lowest BCUT2D eigenvalue weighted by molar-refractivity contribution is 0.467. The van der Waals surface area contributed by atoms with E-state index in [0.717, 1.165) is 34.1 Å². The van der Waals surface area contributed by atoms with Crippen LogP contribution in [0.15, 0.2) is 16.5 Å². The van der Waals surface area contributed by atoms with Crippen molar-refractivity contribution in [2.75, 3.05) is 18.1 Å². The van der Waals surface area contributed by atoms with Crippen LogP contribution in [-0.4, -0.2) is 18.1 Å². The summed E-state index contributed by atoms with van der Waals surface area (Å²) in [6.07, 6.45) is 5.13. The maximum Gasteiger partial charge on any atom is 0.164 e. The van der Waals surface area contributed by atoms with Crippen LogP contribution < -0.4 is 5.32 Å². The molecule has 1 N–H and O–H groups in total. The van der Waals surface area contributed by atoms with Crippen molar-refractivity contribution in [1.29, 1.82) is 0 Å². The first-order chi connectivity index (χ1) is 6.83. The normalized spacial score (nSPS) is 10.0. The standard InChI is InChI=1S/C10H12INOS/c1-2-6-14-7-5-12-8-9-3-4-10(11)13-9/h1,3-4,12H,5-8H2. The largest absolute Gasteiger partial charge is 0.454 e. The monoisotopic (exact) mass is 321 g/mol. The minimum atomic E-state index is 0.791. The Balaban J connectivity index is 2.02. The summed E-state index contributed by atoms with van der Waals surface area (Å²) in [5.41, 5.74) is 0. The van der Waals surface area contributed by atoms with Crippen molar-refractivity contribution >= 4 is 34.4 Å². The number of halogens is 1. The number of furan rings is 1. The molecule has 0 saturated heterocycles. The van der Waals surface area contributed by atoms with Crippen molar-refractivity contribution in [2.45, 2.75) is 6.54 Å². The van der Waals surface area contributed by atoms with Gasteiger partial charge in [0, 0.05) is 12.3 Å². The van der Waals surface area contributed by atoms with E-state index in [1.54, 1.807) is 11.8 Å². The Morgan fingerprint density at radius 1 is 1.57 bits per heavy atom. The molecule has 0 radical (unpaired) electrons. The molecule has 0 saturated carbocycles. The van der Waals surface area contributed by atoms with Gasteiger partial charge < -0.3 is 9.73 Å². The fourth-order valence-corrected chi connectivity index (χ4v) is 1.95. The van der Waals surface area contributed by atoms with E-state index in [9.17, 15) is 0 Å². The summed E-state index contributed by atoms with van der Waals surface area (Å²) in [6.45, 7) is 1.75. The number of hydrogen-bond donors (Lipinski definition) is 1. The van der Waals surface area contributed by atoms with Crippen molar-refractivity contribution in [3.8, 4) is 12.3 Å². The molecule has 0 amide bonds. The molecule has 1 heterocycles. The molecular formula is C10H12INOS. The minimum Gasteiger partial charge on any atom is -0.454 e. The van der Waals surface area contributed by atoms with Gasteiger partial charge in [0.15, 0.2) is 3.77 Å². The van der Waals surface area contributed by atoms with Crippen LogP contribution in [0.1, 0.15) is 5.76 Å². The van der Waals surface area contributed by atoms with Crippen LogP contribution in [0.3, 0.4) is 0 Å². The Labute approximate surface area is 102 Å². The fourth-order valence-electron chi connectivity index (χ4n) is 0.934. The average molecular weight is 321 g/mol. The third-order valence-electron chi connectivity index (χ3n) is 1.54.